The van der Waals surface area contributed by atoms with E-state index in [1.54, 1.807) is 32.9 Å². The molecule has 0 fully saturated rings. The van der Waals surface area contributed by atoms with Crippen molar-refractivity contribution in [2.45, 2.75) is 46.1 Å². The van der Waals surface area contributed by atoms with Gasteiger partial charge in [-0.3, -0.25) is 0 Å². The van der Waals surface area contributed by atoms with Gasteiger partial charge in [-0.1, -0.05) is 37.2 Å². The van der Waals surface area contributed by atoms with Gasteiger partial charge in [0.15, 0.2) is 5.76 Å². The molecule has 1 aromatic heterocycles. The van der Waals surface area contributed by atoms with E-state index in [0.717, 1.165) is 16.7 Å². The summed E-state index contributed by atoms with van der Waals surface area (Å²) in [7, 11) is 1.32. The van der Waals surface area contributed by atoms with Crippen LogP contribution in [0.25, 0.3) is 11.6 Å². The van der Waals surface area contributed by atoms with Crippen LogP contribution >= 0.6 is 0 Å². The fraction of sp³-hybridized carbons (Fsp3) is 0.400. The van der Waals surface area contributed by atoms with E-state index in [-0.39, 0.29) is 5.57 Å². The average molecular weight is 343 g/mol. The second-order valence-electron chi connectivity index (χ2n) is 6.94. The minimum Gasteiger partial charge on any atom is -0.465 e. The average Bonchev–Trinajstić information content (AvgIpc) is 2.97. The number of carbonyl (C=O) groups is 1. The zero-order valence-electron chi connectivity index (χ0n) is 15.6. The van der Waals surface area contributed by atoms with Crippen molar-refractivity contribution in [3.8, 4) is 0 Å². The molecule has 0 radical (unpaired) electrons. The molecule has 0 aliphatic heterocycles. The van der Waals surface area contributed by atoms with Crippen LogP contribution in [0.3, 0.4) is 0 Å². The maximum absolute atomic E-state index is 12.2. The Morgan fingerprint density at radius 1 is 1.32 bits per heavy atom. The van der Waals surface area contributed by atoms with Gasteiger partial charge < -0.3 is 14.4 Å². The van der Waals surface area contributed by atoms with Crippen molar-refractivity contribution in [3.05, 3.63) is 52.4 Å². The Balaban J connectivity index is 2.64. The molecule has 0 saturated heterocycles. The molecule has 2 rings (SSSR count). The fourth-order valence-electron chi connectivity index (χ4n) is 2.58. The van der Waals surface area contributed by atoms with Gasteiger partial charge in [0.05, 0.1) is 18.4 Å². The zero-order chi connectivity index (χ0) is 18.8. The number of hydrogen-bond donors (Lipinski definition) is 1. The third kappa shape index (κ3) is 4.37. The Hall–Kier alpha value is -2.40. The number of ether oxygens (including phenoxy) is 1. The summed E-state index contributed by atoms with van der Waals surface area (Å²) in [6, 6.07) is 7.53. The van der Waals surface area contributed by atoms with Crippen molar-refractivity contribution >= 4 is 17.6 Å². The molecule has 0 unspecified atom stereocenters. The van der Waals surface area contributed by atoms with Crippen LogP contribution in [-0.2, 0) is 15.1 Å². The molecule has 0 bridgehead atoms. The summed E-state index contributed by atoms with van der Waals surface area (Å²) < 4.78 is 10.1. The Labute approximate surface area is 148 Å². The second kappa shape index (κ2) is 7.23. The topological polar surface area (TPSA) is 72.6 Å². The first-order chi connectivity index (χ1) is 11.6. The Bertz CT molecular complexity index is 794. The maximum atomic E-state index is 12.2. The molecule has 0 amide bonds. The molecule has 5 nitrogen and oxygen atoms in total. The molecular formula is C20H25NO4. The third-order valence-electron chi connectivity index (χ3n) is 4.00. The van der Waals surface area contributed by atoms with Crippen molar-refractivity contribution < 1.29 is 19.2 Å². The number of hydrogen-bond acceptors (Lipinski definition) is 5. The van der Waals surface area contributed by atoms with Gasteiger partial charge in [0.2, 0.25) is 0 Å². The Kier molecular flexibility index (Phi) is 5.48. The van der Waals surface area contributed by atoms with Crippen LogP contribution < -0.4 is 0 Å². The number of rotatable bonds is 5. The highest BCUT2D eigenvalue weighted by molar-refractivity contribution is 6.20. The van der Waals surface area contributed by atoms with E-state index >= 15 is 0 Å². The van der Waals surface area contributed by atoms with Crippen molar-refractivity contribution in [2.24, 2.45) is 0 Å². The van der Waals surface area contributed by atoms with E-state index in [9.17, 15) is 9.90 Å². The van der Waals surface area contributed by atoms with Crippen molar-refractivity contribution in [3.63, 3.8) is 0 Å². The Morgan fingerprint density at radius 2 is 2.00 bits per heavy atom. The van der Waals surface area contributed by atoms with E-state index in [1.165, 1.54) is 7.11 Å². The van der Waals surface area contributed by atoms with Gasteiger partial charge in [-0.15, -0.1) is 0 Å². The van der Waals surface area contributed by atoms with Crippen LogP contribution in [0.4, 0.5) is 0 Å². The molecule has 1 N–H and O–H groups in total. The summed E-state index contributed by atoms with van der Waals surface area (Å²) in [5.41, 5.74) is 2.44. The highest BCUT2D eigenvalue weighted by Gasteiger charge is 2.23. The molecule has 25 heavy (non-hydrogen) atoms. The standard InChI is InChI=1S/C20H25NO4/c1-12(2)14-7-8-15(17(11-14)20(4,5)23)10-16(19(22)24-6)18-9-13(3)21-25-18/h7-12,23H,1-6H3/b16-10-. The van der Waals surface area contributed by atoms with Crippen LogP contribution in [0.15, 0.2) is 28.8 Å². The van der Waals surface area contributed by atoms with Gasteiger partial charge in [-0.2, -0.15) is 0 Å². The molecule has 2 aromatic rings. The molecule has 0 aliphatic rings. The van der Waals surface area contributed by atoms with Gasteiger partial charge in [0.1, 0.15) is 5.57 Å². The molecule has 0 saturated carbocycles. The monoisotopic (exact) mass is 343 g/mol. The van der Waals surface area contributed by atoms with Crippen LogP contribution in [-0.4, -0.2) is 23.3 Å². The first kappa shape index (κ1) is 18.9. The zero-order valence-corrected chi connectivity index (χ0v) is 15.6. The van der Waals surface area contributed by atoms with E-state index in [2.05, 4.69) is 19.0 Å². The van der Waals surface area contributed by atoms with Crippen molar-refractivity contribution in [2.75, 3.05) is 7.11 Å². The number of benzene rings is 1. The van der Waals surface area contributed by atoms with Gasteiger partial charge in [-0.05, 0) is 49.5 Å². The molecule has 1 aromatic carbocycles. The predicted octanol–water partition coefficient (Wildman–Crippen LogP) is 4.05. The normalized spacial score (nSPS) is 12.6. The van der Waals surface area contributed by atoms with Crippen LogP contribution in [0.1, 0.15) is 61.8 Å². The Morgan fingerprint density at radius 3 is 2.48 bits per heavy atom. The van der Waals surface area contributed by atoms with Crippen molar-refractivity contribution in [1.29, 1.82) is 0 Å². The summed E-state index contributed by atoms with van der Waals surface area (Å²) in [5.74, 6) is 0.140. The summed E-state index contributed by atoms with van der Waals surface area (Å²) in [5, 5.41) is 14.4. The number of carbonyl (C=O) groups excluding carboxylic acids is 1. The molecule has 0 atom stereocenters. The van der Waals surface area contributed by atoms with Gasteiger partial charge in [-0.25, -0.2) is 4.79 Å². The number of nitrogens with zero attached hydrogens (tertiary/aromatic N) is 1. The lowest BCUT2D eigenvalue weighted by Gasteiger charge is -2.22. The van der Waals surface area contributed by atoms with Gasteiger partial charge in [0.25, 0.3) is 0 Å². The first-order valence-electron chi connectivity index (χ1n) is 8.24. The summed E-state index contributed by atoms with van der Waals surface area (Å²) in [6.45, 7) is 9.41. The van der Waals surface area contributed by atoms with E-state index in [0.29, 0.717) is 17.4 Å². The first-order valence-corrected chi connectivity index (χ1v) is 8.24. The molecule has 0 aliphatic carbocycles. The molecule has 0 spiro atoms. The number of aliphatic hydroxyl groups is 1. The molecule has 134 valence electrons. The number of aromatic nitrogens is 1. The van der Waals surface area contributed by atoms with E-state index in [1.807, 2.05) is 18.2 Å². The van der Waals surface area contributed by atoms with E-state index < -0.39 is 11.6 Å². The van der Waals surface area contributed by atoms with Crippen LogP contribution in [0, 0.1) is 6.92 Å². The lowest BCUT2D eigenvalue weighted by molar-refractivity contribution is -0.133. The fourth-order valence-corrected chi connectivity index (χ4v) is 2.58. The van der Waals surface area contributed by atoms with Gasteiger partial charge >= 0.3 is 5.97 Å². The number of aryl methyl sites for hydroxylation is 1. The minimum absolute atomic E-state index is 0.255. The summed E-state index contributed by atoms with van der Waals surface area (Å²) in [6.07, 6.45) is 1.67. The quantitative estimate of drug-likeness (QED) is 0.655. The number of methoxy groups -OCH3 is 1. The lowest BCUT2D eigenvalue weighted by Crippen LogP contribution is -2.18. The minimum atomic E-state index is -1.06. The summed E-state index contributed by atoms with van der Waals surface area (Å²) in [4.78, 5) is 12.2. The molecule has 5 heteroatoms. The molecule has 1 heterocycles. The van der Waals surface area contributed by atoms with Crippen molar-refractivity contribution in [1.82, 2.24) is 5.16 Å². The largest absolute Gasteiger partial charge is 0.465 e. The highest BCUT2D eigenvalue weighted by Crippen LogP contribution is 2.31. The third-order valence-corrected chi connectivity index (χ3v) is 4.00. The maximum Gasteiger partial charge on any atom is 0.341 e. The second-order valence-corrected chi connectivity index (χ2v) is 6.94. The summed E-state index contributed by atoms with van der Waals surface area (Å²) >= 11 is 0. The lowest BCUT2D eigenvalue weighted by atomic mass is 9.88. The highest BCUT2D eigenvalue weighted by atomic mass is 16.5. The number of esters is 1. The molecular weight excluding hydrogens is 318 g/mol. The smallest absolute Gasteiger partial charge is 0.341 e. The van der Waals surface area contributed by atoms with E-state index in [4.69, 9.17) is 9.26 Å². The van der Waals surface area contributed by atoms with Crippen LogP contribution in [0.5, 0.6) is 0 Å². The van der Waals surface area contributed by atoms with Gasteiger partial charge in [0, 0.05) is 6.07 Å². The SMILES string of the molecule is COC(=O)/C(=C\c1ccc(C(C)C)cc1C(C)(C)O)c1cc(C)no1. The van der Waals surface area contributed by atoms with Crippen LogP contribution in [0.2, 0.25) is 0 Å². The predicted molar refractivity (Wildman–Crippen MR) is 96.9 cm³/mol.